The summed E-state index contributed by atoms with van der Waals surface area (Å²) in [5, 5.41) is 9.83. The van der Waals surface area contributed by atoms with Crippen molar-refractivity contribution in [1.29, 1.82) is 0 Å². The van der Waals surface area contributed by atoms with Crippen LogP contribution in [0, 0.1) is 5.92 Å². The van der Waals surface area contributed by atoms with Gasteiger partial charge in [0, 0.05) is 10.4 Å². The van der Waals surface area contributed by atoms with E-state index in [9.17, 15) is 4.79 Å². The van der Waals surface area contributed by atoms with Crippen LogP contribution in [0.1, 0.15) is 17.3 Å². The van der Waals surface area contributed by atoms with Gasteiger partial charge in [-0.3, -0.25) is 4.79 Å². The van der Waals surface area contributed by atoms with E-state index in [0.29, 0.717) is 0 Å². The number of carboxylic acids is 1. The molecule has 0 saturated heterocycles. The Morgan fingerprint density at radius 3 is 3.06 bits per heavy atom. The summed E-state index contributed by atoms with van der Waals surface area (Å²) in [5.41, 5.74) is 0.949. The van der Waals surface area contributed by atoms with Gasteiger partial charge in [-0.05, 0) is 24.6 Å². The standard InChI is InChI=1S/C11H8BrNO2S/c12-5-1-2-9-8(3-5)13-10(16-9)6-4-7(6)11(14)15/h1-3,6-7H,4H2,(H,14,15). The summed E-state index contributed by atoms with van der Waals surface area (Å²) in [6, 6.07) is 5.96. The van der Waals surface area contributed by atoms with Gasteiger partial charge in [-0.15, -0.1) is 11.3 Å². The summed E-state index contributed by atoms with van der Waals surface area (Å²) in [7, 11) is 0. The maximum Gasteiger partial charge on any atom is 0.307 e. The summed E-state index contributed by atoms with van der Waals surface area (Å²) in [4.78, 5) is 15.3. The molecule has 1 fully saturated rings. The maximum atomic E-state index is 10.8. The number of hydrogen-bond donors (Lipinski definition) is 1. The summed E-state index contributed by atoms with van der Waals surface area (Å²) >= 11 is 5.00. The van der Waals surface area contributed by atoms with Crippen LogP contribution in [-0.4, -0.2) is 16.1 Å². The second-order valence-corrected chi connectivity index (χ2v) is 5.93. The molecule has 0 amide bonds. The monoisotopic (exact) mass is 297 g/mol. The average Bonchev–Trinajstić information content (AvgIpc) is 2.93. The van der Waals surface area contributed by atoms with E-state index in [-0.39, 0.29) is 11.8 Å². The number of halogens is 1. The van der Waals surface area contributed by atoms with E-state index in [0.717, 1.165) is 26.1 Å². The fraction of sp³-hybridized carbons (Fsp3) is 0.273. The highest BCUT2D eigenvalue weighted by Gasteiger charge is 2.46. The molecule has 0 bridgehead atoms. The van der Waals surface area contributed by atoms with Crippen LogP contribution < -0.4 is 0 Å². The molecule has 2 unspecified atom stereocenters. The van der Waals surface area contributed by atoms with Gasteiger partial charge in [0.05, 0.1) is 21.1 Å². The number of fused-ring (bicyclic) bond motifs is 1. The number of benzene rings is 1. The Morgan fingerprint density at radius 2 is 2.38 bits per heavy atom. The van der Waals surface area contributed by atoms with Crippen molar-refractivity contribution in [3.05, 3.63) is 27.7 Å². The zero-order valence-electron chi connectivity index (χ0n) is 8.18. The van der Waals surface area contributed by atoms with Crippen molar-refractivity contribution < 1.29 is 9.90 Å². The smallest absolute Gasteiger partial charge is 0.307 e. The third-order valence-electron chi connectivity index (χ3n) is 2.79. The highest BCUT2D eigenvalue weighted by molar-refractivity contribution is 9.10. The normalized spacial score (nSPS) is 23.6. The lowest BCUT2D eigenvalue weighted by Crippen LogP contribution is -1.98. The Hall–Kier alpha value is -0.940. The predicted molar refractivity (Wildman–Crippen MR) is 65.8 cm³/mol. The predicted octanol–water partition coefficient (Wildman–Crippen LogP) is 3.25. The SMILES string of the molecule is O=C(O)C1CC1c1nc2cc(Br)ccc2s1. The second kappa shape index (κ2) is 3.53. The molecule has 3 rings (SSSR count). The van der Waals surface area contributed by atoms with Crippen LogP contribution in [0.25, 0.3) is 10.2 Å². The number of aromatic nitrogens is 1. The van der Waals surface area contributed by atoms with Gasteiger partial charge in [0.2, 0.25) is 0 Å². The molecule has 1 saturated carbocycles. The van der Waals surface area contributed by atoms with Crippen molar-refractivity contribution in [3.8, 4) is 0 Å². The first-order valence-corrected chi connectivity index (χ1v) is 6.55. The third-order valence-corrected chi connectivity index (χ3v) is 4.45. The average molecular weight is 298 g/mol. The minimum atomic E-state index is -0.703. The topological polar surface area (TPSA) is 50.2 Å². The second-order valence-electron chi connectivity index (χ2n) is 3.95. The lowest BCUT2D eigenvalue weighted by atomic mass is 10.3. The van der Waals surface area contributed by atoms with E-state index < -0.39 is 5.97 Å². The fourth-order valence-corrected chi connectivity index (χ4v) is 3.29. The molecule has 3 nitrogen and oxygen atoms in total. The summed E-state index contributed by atoms with van der Waals surface area (Å²) < 4.78 is 2.12. The lowest BCUT2D eigenvalue weighted by molar-refractivity contribution is -0.138. The number of hydrogen-bond acceptors (Lipinski definition) is 3. The van der Waals surface area contributed by atoms with Crippen LogP contribution in [0.15, 0.2) is 22.7 Å². The molecule has 2 atom stereocenters. The number of carbonyl (C=O) groups is 1. The molecule has 1 aromatic carbocycles. The highest BCUT2D eigenvalue weighted by atomic mass is 79.9. The number of aliphatic carboxylic acids is 1. The van der Waals surface area contributed by atoms with Gasteiger partial charge in [0.1, 0.15) is 0 Å². The number of nitrogens with zero attached hydrogens (tertiary/aromatic N) is 1. The molecule has 5 heteroatoms. The van der Waals surface area contributed by atoms with Crippen LogP contribution in [0.3, 0.4) is 0 Å². The van der Waals surface area contributed by atoms with Gasteiger partial charge in [-0.2, -0.15) is 0 Å². The first-order chi connectivity index (χ1) is 7.65. The summed E-state index contributed by atoms with van der Waals surface area (Å²) in [6.45, 7) is 0. The number of carboxylic acid groups (broad SMARTS) is 1. The van der Waals surface area contributed by atoms with E-state index in [1.165, 1.54) is 0 Å². The van der Waals surface area contributed by atoms with Crippen molar-refractivity contribution in [2.45, 2.75) is 12.3 Å². The summed E-state index contributed by atoms with van der Waals surface area (Å²) in [5.74, 6) is -0.789. The van der Waals surface area contributed by atoms with Crippen molar-refractivity contribution in [2.75, 3.05) is 0 Å². The Kier molecular flexibility index (Phi) is 2.26. The molecule has 2 aromatic rings. The van der Waals surface area contributed by atoms with Gasteiger partial charge in [-0.1, -0.05) is 15.9 Å². The third kappa shape index (κ3) is 1.64. The van der Waals surface area contributed by atoms with Crippen molar-refractivity contribution in [1.82, 2.24) is 4.98 Å². The Morgan fingerprint density at radius 1 is 1.56 bits per heavy atom. The van der Waals surface area contributed by atoms with Crippen LogP contribution in [0.2, 0.25) is 0 Å². The maximum absolute atomic E-state index is 10.8. The van der Waals surface area contributed by atoms with Crippen LogP contribution in [0.5, 0.6) is 0 Å². The fourth-order valence-electron chi connectivity index (χ4n) is 1.82. The highest BCUT2D eigenvalue weighted by Crippen LogP contribution is 2.49. The van der Waals surface area contributed by atoms with E-state index in [1.54, 1.807) is 11.3 Å². The van der Waals surface area contributed by atoms with E-state index in [2.05, 4.69) is 20.9 Å². The number of thiazole rings is 1. The van der Waals surface area contributed by atoms with Crippen molar-refractivity contribution >= 4 is 43.5 Å². The first-order valence-electron chi connectivity index (χ1n) is 4.94. The molecular weight excluding hydrogens is 290 g/mol. The molecule has 1 aliphatic carbocycles. The molecule has 1 aliphatic rings. The number of rotatable bonds is 2. The molecule has 82 valence electrons. The molecule has 1 heterocycles. The summed E-state index contributed by atoms with van der Waals surface area (Å²) in [6.07, 6.45) is 0.732. The van der Waals surface area contributed by atoms with Crippen molar-refractivity contribution in [2.24, 2.45) is 5.92 Å². The molecule has 16 heavy (non-hydrogen) atoms. The van der Waals surface area contributed by atoms with Crippen LogP contribution >= 0.6 is 27.3 Å². The zero-order chi connectivity index (χ0) is 11.3. The van der Waals surface area contributed by atoms with E-state index >= 15 is 0 Å². The van der Waals surface area contributed by atoms with Crippen molar-refractivity contribution in [3.63, 3.8) is 0 Å². The zero-order valence-corrected chi connectivity index (χ0v) is 10.6. The first kappa shape index (κ1) is 10.2. The largest absolute Gasteiger partial charge is 0.481 e. The minimum Gasteiger partial charge on any atom is -0.481 e. The Balaban J connectivity index is 1.98. The van der Waals surface area contributed by atoms with Gasteiger partial charge in [-0.25, -0.2) is 4.98 Å². The van der Waals surface area contributed by atoms with E-state index in [4.69, 9.17) is 5.11 Å². The van der Waals surface area contributed by atoms with Gasteiger partial charge >= 0.3 is 5.97 Å². The Labute approximate surface area is 104 Å². The molecule has 1 aromatic heterocycles. The minimum absolute atomic E-state index is 0.133. The molecule has 0 aliphatic heterocycles. The lowest BCUT2D eigenvalue weighted by Gasteiger charge is -1.88. The Bertz CT molecular complexity index is 580. The molecule has 0 radical (unpaired) electrons. The van der Waals surface area contributed by atoms with Gasteiger partial charge in [0.25, 0.3) is 0 Å². The van der Waals surface area contributed by atoms with E-state index in [1.807, 2.05) is 18.2 Å². The van der Waals surface area contributed by atoms with Gasteiger partial charge in [0.15, 0.2) is 0 Å². The van der Waals surface area contributed by atoms with Crippen LogP contribution in [0.4, 0.5) is 0 Å². The van der Waals surface area contributed by atoms with Gasteiger partial charge < -0.3 is 5.11 Å². The van der Waals surface area contributed by atoms with Crippen LogP contribution in [-0.2, 0) is 4.79 Å². The molecular formula is C11H8BrNO2S. The molecule has 0 spiro atoms. The quantitative estimate of drug-likeness (QED) is 0.926. The molecule has 1 N–H and O–H groups in total.